The first-order valence-electron chi connectivity index (χ1n) is 14.3. The predicted octanol–water partition coefficient (Wildman–Crippen LogP) is 6.33. The summed E-state index contributed by atoms with van der Waals surface area (Å²) >= 11 is 0. The number of carbonyl (C=O) groups is 2. The van der Waals surface area contributed by atoms with Gasteiger partial charge in [0.25, 0.3) is 17.8 Å². The van der Waals surface area contributed by atoms with Crippen molar-refractivity contribution in [3.8, 4) is 29.3 Å². The SMILES string of the molecule is COc1ccc(NC(=O)c2ccc3c(/N=N/c4c(C#N)cnn4-c4ncccn4)c(O)c(C(=O)Nc4ccc(OC)cc4)cc3c2)cc1. The number of nitrogens with one attached hydrogen (secondary N) is 2. The number of nitriles is 1. The minimum atomic E-state index is -0.649. The fraction of sp³-hybridized carbons (Fsp3) is 0.0588. The first-order chi connectivity index (χ1) is 23.4. The second-order valence-corrected chi connectivity index (χ2v) is 10.1. The number of phenolic OH excluding ortho intramolecular Hbond substituents is 1. The summed E-state index contributed by atoms with van der Waals surface area (Å²) in [6.45, 7) is 0. The molecule has 0 aliphatic carbocycles. The third kappa shape index (κ3) is 6.32. The largest absolute Gasteiger partial charge is 0.505 e. The summed E-state index contributed by atoms with van der Waals surface area (Å²) in [5.41, 5.74) is 1.12. The summed E-state index contributed by atoms with van der Waals surface area (Å²) in [5, 5.41) is 40.2. The zero-order chi connectivity index (χ0) is 33.6. The minimum absolute atomic E-state index is 0.000160. The third-order valence-electron chi connectivity index (χ3n) is 7.14. The standard InChI is InChI=1S/C34H25N9O5/c1-47-25-9-5-23(6-10-25)39-32(45)20-4-13-27-21(16-20)17-28(33(46)40-24-7-11-26(48-2)12-8-24)30(44)29(27)41-42-31-22(18-35)19-38-43(31)34-36-14-3-15-37-34/h3-17,19,44H,1-2H3,(H,39,45)(H,40,46)/b42-41+. The molecule has 0 spiro atoms. The molecule has 0 aliphatic heterocycles. The molecule has 3 N–H and O–H groups in total. The van der Waals surface area contributed by atoms with Gasteiger partial charge >= 0.3 is 0 Å². The van der Waals surface area contributed by atoms with E-state index in [2.05, 4.69) is 35.9 Å². The second kappa shape index (κ2) is 13.5. The monoisotopic (exact) mass is 639 g/mol. The Morgan fingerprint density at radius 3 is 2.08 bits per heavy atom. The lowest BCUT2D eigenvalue weighted by Crippen LogP contribution is -2.13. The van der Waals surface area contributed by atoms with Crippen molar-refractivity contribution in [2.45, 2.75) is 0 Å². The van der Waals surface area contributed by atoms with Crippen LogP contribution in [0.25, 0.3) is 16.7 Å². The maximum Gasteiger partial charge on any atom is 0.259 e. The Morgan fingerprint density at radius 1 is 0.854 bits per heavy atom. The number of ether oxygens (including phenoxy) is 2. The Hall–Kier alpha value is -7.14. The van der Waals surface area contributed by atoms with Gasteiger partial charge in [-0.3, -0.25) is 9.59 Å². The molecule has 0 unspecified atom stereocenters. The van der Waals surface area contributed by atoms with Crippen molar-refractivity contribution in [2.75, 3.05) is 24.9 Å². The first kappa shape index (κ1) is 30.9. The molecule has 0 fully saturated rings. The van der Waals surface area contributed by atoms with Crippen molar-refractivity contribution >= 4 is 45.5 Å². The van der Waals surface area contributed by atoms with Gasteiger partial charge in [0, 0.05) is 34.7 Å². The van der Waals surface area contributed by atoms with Crippen LogP contribution in [0.3, 0.4) is 0 Å². The normalized spacial score (nSPS) is 10.9. The maximum absolute atomic E-state index is 13.5. The number of rotatable bonds is 9. The van der Waals surface area contributed by atoms with E-state index < -0.39 is 17.6 Å². The van der Waals surface area contributed by atoms with E-state index in [4.69, 9.17) is 9.47 Å². The van der Waals surface area contributed by atoms with Crippen molar-refractivity contribution in [1.29, 1.82) is 5.26 Å². The number of aromatic nitrogens is 4. The number of anilines is 2. The number of carbonyl (C=O) groups excluding carboxylic acids is 2. The number of amides is 2. The van der Waals surface area contributed by atoms with E-state index >= 15 is 0 Å². The van der Waals surface area contributed by atoms with Crippen LogP contribution in [0.5, 0.6) is 17.2 Å². The first-order valence-corrected chi connectivity index (χ1v) is 14.3. The van der Waals surface area contributed by atoms with E-state index in [0.29, 0.717) is 33.6 Å². The molecule has 0 aliphatic rings. The molecule has 2 aromatic heterocycles. The third-order valence-corrected chi connectivity index (χ3v) is 7.14. The van der Waals surface area contributed by atoms with Crippen LogP contribution in [0.1, 0.15) is 26.3 Å². The average molecular weight is 640 g/mol. The molecule has 0 saturated heterocycles. The summed E-state index contributed by atoms with van der Waals surface area (Å²) in [7, 11) is 3.08. The number of benzene rings is 4. The molecule has 0 radical (unpaired) electrons. The number of aromatic hydroxyl groups is 1. The van der Waals surface area contributed by atoms with Gasteiger partial charge in [-0.05, 0) is 78.2 Å². The topological polar surface area (TPSA) is 189 Å². The highest BCUT2D eigenvalue weighted by molar-refractivity contribution is 6.13. The van der Waals surface area contributed by atoms with Crippen LogP contribution in [0, 0.1) is 11.3 Å². The van der Waals surface area contributed by atoms with Crippen LogP contribution < -0.4 is 20.1 Å². The number of hydrogen-bond donors (Lipinski definition) is 3. The Bertz CT molecular complexity index is 2210. The van der Waals surface area contributed by atoms with Gasteiger partial charge in [0.15, 0.2) is 11.6 Å². The molecular weight excluding hydrogens is 614 g/mol. The van der Waals surface area contributed by atoms with Crippen LogP contribution in [0.15, 0.2) is 108 Å². The molecule has 0 bridgehead atoms. The number of methoxy groups -OCH3 is 2. The Kier molecular flexibility index (Phi) is 8.66. The molecule has 6 aromatic rings. The Morgan fingerprint density at radius 2 is 1.48 bits per heavy atom. The molecule has 14 nitrogen and oxygen atoms in total. The highest BCUT2D eigenvalue weighted by Crippen LogP contribution is 2.40. The molecule has 14 heteroatoms. The lowest BCUT2D eigenvalue weighted by molar-refractivity contribution is 0.101. The van der Waals surface area contributed by atoms with Crippen molar-refractivity contribution in [3.63, 3.8) is 0 Å². The van der Waals surface area contributed by atoms with Gasteiger partial charge in [-0.2, -0.15) is 15.0 Å². The van der Waals surface area contributed by atoms with Crippen molar-refractivity contribution in [3.05, 3.63) is 114 Å². The lowest BCUT2D eigenvalue weighted by atomic mass is 10.0. The van der Waals surface area contributed by atoms with E-state index in [0.717, 1.165) is 0 Å². The molecule has 2 heterocycles. The van der Waals surface area contributed by atoms with Gasteiger partial charge in [0.2, 0.25) is 0 Å². The van der Waals surface area contributed by atoms with Gasteiger partial charge in [-0.25, -0.2) is 9.97 Å². The quantitative estimate of drug-likeness (QED) is 0.152. The number of nitrogens with zero attached hydrogens (tertiary/aromatic N) is 7. The minimum Gasteiger partial charge on any atom is -0.505 e. The van der Waals surface area contributed by atoms with Gasteiger partial charge in [0.05, 0.1) is 26.0 Å². The van der Waals surface area contributed by atoms with Gasteiger partial charge in [-0.15, -0.1) is 10.2 Å². The molecule has 236 valence electrons. The summed E-state index contributed by atoms with van der Waals surface area (Å²) in [5.74, 6) is -0.156. The van der Waals surface area contributed by atoms with Crippen LogP contribution in [-0.2, 0) is 0 Å². The molecule has 6 rings (SSSR count). The smallest absolute Gasteiger partial charge is 0.259 e. The van der Waals surface area contributed by atoms with Crippen LogP contribution in [-0.4, -0.2) is 50.9 Å². The summed E-state index contributed by atoms with van der Waals surface area (Å²) in [4.78, 5) is 35.1. The number of fused-ring (bicyclic) bond motifs is 1. The van der Waals surface area contributed by atoms with Gasteiger partial charge in [0.1, 0.15) is 28.8 Å². The zero-order valence-electron chi connectivity index (χ0n) is 25.4. The Labute approximate surface area is 272 Å². The number of phenols is 1. The van der Waals surface area contributed by atoms with Crippen molar-refractivity contribution in [1.82, 2.24) is 19.7 Å². The average Bonchev–Trinajstić information content (AvgIpc) is 3.54. The van der Waals surface area contributed by atoms with Gasteiger partial charge < -0.3 is 25.2 Å². The summed E-state index contributed by atoms with van der Waals surface area (Å²) < 4.78 is 11.6. The molecule has 4 aromatic carbocycles. The van der Waals surface area contributed by atoms with Crippen LogP contribution >= 0.6 is 0 Å². The molecular formula is C34H25N9O5. The van der Waals surface area contributed by atoms with Crippen molar-refractivity contribution < 1.29 is 24.2 Å². The molecule has 48 heavy (non-hydrogen) atoms. The maximum atomic E-state index is 13.5. The van der Waals surface area contributed by atoms with Crippen LogP contribution in [0.2, 0.25) is 0 Å². The molecule has 2 amide bonds. The van der Waals surface area contributed by atoms with E-state index in [9.17, 15) is 20.0 Å². The fourth-order valence-corrected chi connectivity index (χ4v) is 4.70. The van der Waals surface area contributed by atoms with E-state index in [1.807, 2.05) is 6.07 Å². The summed E-state index contributed by atoms with van der Waals surface area (Å²) in [6, 6.07) is 23.3. The number of azo groups is 1. The summed E-state index contributed by atoms with van der Waals surface area (Å²) in [6.07, 6.45) is 4.29. The second-order valence-electron chi connectivity index (χ2n) is 10.1. The molecule has 0 atom stereocenters. The Balaban J connectivity index is 1.43. The zero-order valence-corrected chi connectivity index (χ0v) is 25.4. The van der Waals surface area contributed by atoms with E-state index in [1.165, 1.54) is 36.4 Å². The van der Waals surface area contributed by atoms with E-state index in [-0.39, 0.29) is 34.1 Å². The fourth-order valence-electron chi connectivity index (χ4n) is 4.70. The van der Waals surface area contributed by atoms with Crippen LogP contribution in [0.4, 0.5) is 22.9 Å². The highest BCUT2D eigenvalue weighted by atomic mass is 16.5. The highest BCUT2D eigenvalue weighted by Gasteiger charge is 2.21. The molecule has 0 saturated carbocycles. The predicted molar refractivity (Wildman–Crippen MR) is 176 cm³/mol. The van der Waals surface area contributed by atoms with Gasteiger partial charge in [-0.1, -0.05) is 6.07 Å². The van der Waals surface area contributed by atoms with Crippen molar-refractivity contribution in [2.24, 2.45) is 10.2 Å². The van der Waals surface area contributed by atoms with E-state index in [1.54, 1.807) is 79.9 Å². The lowest BCUT2D eigenvalue weighted by Gasteiger charge is -2.13. The number of hydrogen-bond acceptors (Lipinski definition) is 11.